The van der Waals surface area contributed by atoms with Gasteiger partial charge in [0.05, 0.1) is 11.0 Å². The van der Waals surface area contributed by atoms with Gasteiger partial charge in [-0.15, -0.1) is 0 Å². The van der Waals surface area contributed by atoms with Gasteiger partial charge in [-0.3, -0.25) is 9.83 Å². The number of halogens is 2. The van der Waals surface area contributed by atoms with Gasteiger partial charge in [-0.05, 0) is 56.3 Å². The summed E-state index contributed by atoms with van der Waals surface area (Å²) in [5.74, 6) is -0.236. The molecule has 2 atom stereocenters. The lowest BCUT2D eigenvalue weighted by molar-refractivity contribution is -0.777. The van der Waals surface area contributed by atoms with Crippen LogP contribution in [0.15, 0.2) is 0 Å². The summed E-state index contributed by atoms with van der Waals surface area (Å²) in [4.78, 5) is 12.6. The summed E-state index contributed by atoms with van der Waals surface area (Å²) in [5, 5.41) is 20.1. The number of carbonyl (C=O) groups excluding carboxylic acids is 1. The summed E-state index contributed by atoms with van der Waals surface area (Å²) in [6.07, 6.45) is 4.99. The second-order valence-electron chi connectivity index (χ2n) is 7.80. The van der Waals surface area contributed by atoms with Gasteiger partial charge >= 0.3 is 11.2 Å². The smallest absolute Gasteiger partial charge is 0.354 e. The number of hydrogen-bond donors (Lipinski definition) is 1. The van der Waals surface area contributed by atoms with Gasteiger partial charge in [0.2, 0.25) is 0 Å². The van der Waals surface area contributed by atoms with Gasteiger partial charge in [-0.2, -0.15) is 13.1 Å². The van der Waals surface area contributed by atoms with Gasteiger partial charge in [-0.25, -0.2) is 0 Å². The third kappa shape index (κ3) is 3.53. The first kappa shape index (κ1) is 19.3. The fourth-order valence-corrected chi connectivity index (χ4v) is 5.76. The highest BCUT2D eigenvalue weighted by atomic mass is 32.2. The van der Waals surface area contributed by atoms with Gasteiger partial charge in [0.25, 0.3) is 0 Å². The number of rotatable bonds is 8. The number of esters is 1. The minimum atomic E-state index is -3.56. The van der Waals surface area contributed by atoms with E-state index in [1.54, 1.807) is 0 Å². The van der Waals surface area contributed by atoms with Crippen LogP contribution in [0.1, 0.15) is 51.9 Å². The molecule has 4 fully saturated rings. The fourth-order valence-electron chi connectivity index (χ4n) is 5.52. The normalized spacial score (nSPS) is 39.6. The van der Waals surface area contributed by atoms with Crippen LogP contribution in [0.2, 0.25) is 0 Å². The molecule has 4 saturated carbocycles. The molecule has 0 aromatic rings. The first-order valence-electron chi connectivity index (χ1n) is 8.66. The minimum Gasteiger partial charge on any atom is -0.691 e. The van der Waals surface area contributed by atoms with Crippen LogP contribution in [0.3, 0.4) is 0 Å². The van der Waals surface area contributed by atoms with Crippen molar-refractivity contribution in [3.63, 3.8) is 0 Å². The van der Waals surface area contributed by atoms with Crippen molar-refractivity contribution >= 4 is 18.0 Å². The molecule has 1 N–H and O–H groups in total. The Morgan fingerprint density at radius 2 is 1.96 bits per heavy atom. The second-order valence-corrected chi connectivity index (χ2v) is 8.70. The van der Waals surface area contributed by atoms with Crippen LogP contribution in [0.25, 0.3) is 0 Å². The lowest BCUT2D eigenvalue weighted by Gasteiger charge is -2.62. The molecule has 0 aliphatic heterocycles. The van der Waals surface area contributed by atoms with Crippen LogP contribution >= 0.6 is 12.0 Å². The van der Waals surface area contributed by atoms with Crippen molar-refractivity contribution < 1.29 is 38.0 Å². The van der Waals surface area contributed by atoms with E-state index in [2.05, 4.69) is 9.37 Å². The standard InChI is InChI=1S/C16H24F2O6S/c1-2-3-15(20)11-4-10-5-12(15)8-14(6-10,7-11)13(19)22-9-16(17,18)25-24-23-21/h10-12,20-21H,2-9H2,1H3/p-1. The number of ether oxygens (including phenoxy) is 1. The Morgan fingerprint density at radius 3 is 2.52 bits per heavy atom. The maximum atomic E-state index is 13.5. The predicted octanol–water partition coefficient (Wildman–Crippen LogP) is 2.35. The highest BCUT2D eigenvalue weighted by Crippen LogP contribution is 2.64. The third-order valence-corrected chi connectivity index (χ3v) is 6.73. The zero-order valence-corrected chi connectivity index (χ0v) is 14.9. The average Bonchev–Trinajstić information content (AvgIpc) is 2.56. The molecule has 0 radical (unpaired) electrons. The van der Waals surface area contributed by atoms with E-state index in [0.29, 0.717) is 31.6 Å². The predicted molar refractivity (Wildman–Crippen MR) is 81.5 cm³/mol. The summed E-state index contributed by atoms with van der Waals surface area (Å²) < 4.78 is 35.4. The Bertz CT molecular complexity index is 501. The maximum Gasteiger partial charge on any atom is 0.354 e. The molecule has 2 unspecified atom stereocenters. The highest BCUT2D eigenvalue weighted by Gasteiger charge is 2.64. The molecule has 0 saturated heterocycles. The van der Waals surface area contributed by atoms with Crippen LogP contribution in [0, 0.1) is 23.2 Å². The molecule has 4 aliphatic carbocycles. The van der Waals surface area contributed by atoms with Gasteiger partial charge < -0.3 is 15.1 Å². The molecule has 0 aromatic carbocycles. The fraction of sp³-hybridized carbons (Fsp3) is 0.938. The van der Waals surface area contributed by atoms with Crippen LogP contribution in [-0.4, -0.2) is 28.5 Å². The summed E-state index contributed by atoms with van der Waals surface area (Å²) in [5.41, 5.74) is -1.51. The Labute approximate surface area is 149 Å². The molecule has 144 valence electrons. The van der Waals surface area contributed by atoms with E-state index < -0.39 is 40.9 Å². The molecule has 4 bridgehead atoms. The highest BCUT2D eigenvalue weighted by molar-refractivity contribution is 7.95. The number of carbonyl (C=O) groups is 1. The summed E-state index contributed by atoms with van der Waals surface area (Å²) in [7, 11) is 0. The van der Waals surface area contributed by atoms with E-state index in [0.717, 1.165) is 19.3 Å². The van der Waals surface area contributed by atoms with Crippen molar-refractivity contribution in [3.8, 4) is 0 Å². The van der Waals surface area contributed by atoms with E-state index in [4.69, 9.17) is 4.74 Å². The van der Waals surface area contributed by atoms with E-state index >= 15 is 0 Å². The molecule has 0 aromatic heterocycles. The quantitative estimate of drug-likeness (QED) is 0.299. The van der Waals surface area contributed by atoms with Crippen molar-refractivity contribution in [1.82, 2.24) is 0 Å². The van der Waals surface area contributed by atoms with E-state index in [1.165, 1.54) is 0 Å². The third-order valence-electron chi connectivity index (χ3n) is 6.24. The van der Waals surface area contributed by atoms with Crippen molar-refractivity contribution in [1.29, 1.82) is 0 Å². The minimum absolute atomic E-state index is 0.0262. The summed E-state index contributed by atoms with van der Waals surface area (Å²) >= 11 is -0.481. The second kappa shape index (κ2) is 6.92. The largest absolute Gasteiger partial charge is 0.691 e. The molecule has 4 aliphatic rings. The van der Waals surface area contributed by atoms with Gasteiger partial charge in [0, 0.05) is 0 Å². The molecule has 25 heavy (non-hydrogen) atoms. The van der Waals surface area contributed by atoms with Crippen molar-refractivity contribution in [3.05, 3.63) is 0 Å². The van der Waals surface area contributed by atoms with Gasteiger partial charge in [-0.1, -0.05) is 13.3 Å². The molecule has 0 amide bonds. The monoisotopic (exact) mass is 381 g/mol. The number of aliphatic hydroxyl groups is 1. The van der Waals surface area contributed by atoms with Crippen LogP contribution in [0.4, 0.5) is 8.78 Å². The first-order valence-corrected chi connectivity index (χ1v) is 9.40. The van der Waals surface area contributed by atoms with Gasteiger partial charge in [0.15, 0.2) is 6.61 Å². The molecule has 4 rings (SSSR count). The lowest BCUT2D eigenvalue weighted by Crippen LogP contribution is -2.63. The topological polar surface area (TPSA) is 88.1 Å². The number of hydrogen-bond acceptors (Lipinski definition) is 7. The Balaban J connectivity index is 1.66. The Kier molecular flexibility index (Phi) is 5.34. The Hall–Kier alpha value is -0.480. The first-order chi connectivity index (χ1) is 11.7. The van der Waals surface area contributed by atoms with Crippen molar-refractivity contribution in [2.45, 2.75) is 62.7 Å². The van der Waals surface area contributed by atoms with Crippen LogP contribution in [-0.2, 0) is 18.9 Å². The van der Waals surface area contributed by atoms with E-state index in [9.17, 15) is 23.9 Å². The van der Waals surface area contributed by atoms with Crippen molar-refractivity contribution in [2.24, 2.45) is 23.2 Å². The summed E-state index contributed by atoms with van der Waals surface area (Å²) in [6, 6.07) is 0. The zero-order chi connectivity index (χ0) is 18.3. The SMILES string of the molecule is CCCC1(O)C2CC3CC1CC(C(=O)OCC(F)(F)SOO[O-])(C3)C2. The number of alkyl halides is 2. The maximum absolute atomic E-state index is 13.5. The average molecular weight is 381 g/mol. The molecular formula is C16H23F2O6S-. The van der Waals surface area contributed by atoms with Gasteiger partial charge in [0.1, 0.15) is 12.0 Å². The molecule has 0 heterocycles. The molecule has 0 spiro atoms. The lowest BCUT2D eigenvalue weighted by atomic mass is 9.44. The molecule has 9 heteroatoms. The van der Waals surface area contributed by atoms with Crippen LogP contribution < -0.4 is 5.26 Å². The zero-order valence-electron chi connectivity index (χ0n) is 14.0. The summed E-state index contributed by atoms with van der Waals surface area (Å²) in [6.45, 7) is 0.849. The van der Waals surface area contributed by atoms with Crippen LogP contribution in [0.5, 0.6) is 0 Å². The van der Waals surface area contributed by atoms with E-state index in [-0.39, 0.29) is 11.8 Å². The molecular weight excluding hydrogens is 358 g/mol. The van der Waals surface area contributed by atoms with E-state index in [1.807, 2.05) is 6.92 Å². The molecule has 6 nitrogen and oxygen atoms in total. The van der Waals surface area contributed by atoms with Crippen molar-refractivity contribution in [2.75, 3.05) is 6.61 Å². The Morgan fingerprint density at radius 1 is 1.32 bits per heavy atom.